The number of amides is 1. The van der Waals surface area contributed by atoms with E-state index in [1.54, 1.807) is 7.11 Å². The van der Waals surface area contributed by atoms with Gasteiger partial charge in [-0.1, -0.05) is 54.2 Å². The van der Waals surface area contributed by atoms with Crippen molar-refractivity contribution in [3.05, 3.63) is 84.1 Å². The molecule has 0 radical (unpaired) electrons. The van der Waals surface area contributed by atoms with E-state index >= 15 is 0 Å². The second-order valence-corrected chi connectivity index (χ2v) is 7.59. The van der Waals surface area contributed by atoms with Crippen molar-refractivity contribution in [2.24, 2.45) is 0 Å². The van der Waals surface area contributed by atoms with Crippen LogP contribution in [0.1, 0.15) is 16.4 Å². The summed E-state index contributed by atoms with van der Waals surface area (Å²) < 4.78 is 7.28. The van der Waals surface area contributed by atoms with Crippen LogP contribution in [0.3, 0.4) is 0 Å². The van der Waals surface area contributed by atoms with E-state index in [2.05, 4.69) is 15.5 Å². The molecular formula is C22H20N4O2S. The molecule has 2 heterocycles. The highest BCUT2D eigenvalue weighted by Crippen LogP contribution is 2.36. The maximum atomic E-state index is 13.3. The summed E-state index contributed by atoms with van der Waals surface area (Å²) >= 11 is 1.36. The van der Waals surface area contributed by atoms with Gasteiger partial charge in [0.05, 0.1) is 12.8 Å². The number of methoxy groups -OCH3 is 1. The summed E-state index contributed by atoms with van der Waals surface area (Å²) in [4.78, 5) is 13.3. The summed E-state index contributed by atoms with van der Waals surface area (Å²) in [5.74, 6) is 0.464. The third-order valence-electron chi connectivity index (χ3n) is 4.46. The number of carbonyl (C=O) groups excluding carboxylic acids is 1. The van der Waals surface area contributed by atoms with Crippen LogP contribution in [0.2, 0.25) is 0 Å². The van der Waals surface area contributed by atoms with E-state index in [-0.39, 0.29) is 5.91 Å². The highest BCUT2D eigenvalue weighted by Gasteiger charge is 2.25. The zero-order valence-electron chi connectivity index (χ0n) is 16.1. The third kappa shape index (κ3) is 4.09. The number of carbonyl (C=O) groups is 1. The van der Waals surface area contributed by atoms with Crippen LogP contribution in [0.5, 0.6) is 5.75 Å². The first kappa shape index (κ1) is 19.0. The van der Waals surface area contributed by atoms with Gasteiger partial charge in [0.15, 0.2) is 10.8 Å². The van der Waals surface area contributed by atoms with Crippen molar-refractivity contribution >= 4 is 29.0 Å². The van der Waals surface area contributed by atoms with Gasteiger partial charge in [-0.05, 0) is 42.3 Å². The van der Waals surface area contributed by atoms with Gasteiger partial charge in [-0.25, -0.2) is 0 Å². The normalized spacial score (nSPS) is 11.9. The minimum atomic E-state index is -0.506. The van der Waals surface area contributed by atoms with E-state index in [0.29, 0.717) is 16.6 Å². The SMILES string of the molecule is COc1ccc(C)cc1NC(=O)[C@@H](Sc1nnc2ccccn12)c1ccccc1. The summed E-state index contributed by atoms with van der Waals surface area (Å²) in [7, 11) is 1.59. The number of aromatic nitrogens is 3. The number of aryl methyl sites for hydroxylation is 1. The zero-order chi connectivity index (χ0) is 20.2. The molecule has 6 nitrogen and oxygen atoms in total. The van der Waals surface area contributed by atoms with Gasteiger partial charge in [-0.2, -0.15) is 0 Å². The van der Waals surface area contributed by atoms with Crippen molar-refractivity contribution in [1.29, 1.82) is 0 Å². The Morgan fingerprint density at radius 3 is 2.66 bits per heavy atom. The summed E-state index contributed by atoms with van der Waals surface area (Å²) in [6, 6.07) is 21.0. The van der Waals surface area contributed by atoms with Gasteiger partial charge in [0.2, 0.25) is 5.91 Å². The molecule has 2 aromatic carbocycles. The van der Waals surface area contributed by atoms with Crippen LogP contribution >= 0.6 is 11.8 Å². The first-order valence-corrected chi connectivity index (χ1v) is 10.0. The van der Waals surface area contributed by atoms with Gasteiger partial charge in [0.25, 0.3) is 0 Å². The Bertz CT molecular complexity index is 1140. The first-order chi connectivity index (χ1) is 14.2. The predicted molar refractivity (Wildman–Crippen MR) is 114 cm³/mol. The van der Waals surface area contributed by atoms with Crippen LogP contribution in [-0.4, -0.2) is 27.6 Å². The number of rotatable bonds is 6. The lowest BCUT2D eigenvalue weighted by Gasteiger charge is -2.17. The number of pyridine rings is 1. The number of hydrogen-bond acceptors (Lipinski definition) is 5. The molecule has 0 aliphatic heterocycles. The molecule has 1 N–H and O–H groups in total. The minimum Gasteiger partial charge on any atom is -0.495 e. The first-order valence-electron chi connectivity index (χ1n) is 9.12. The fraction of sp³-hybridized carbons (Fsp3) is 0.136. The number of anilines is 1. The van der Waals surface area contributed by atoms with E-state index in [1.165, 1.54) is 11.8 Å². The van der Waals surface area contributed by atoms with Crippen LogP contribution in [0.25, 0.3) is 5.65 Å². The molecular weight excluding hydrogens is 384 g/mol. The van der Waals surface area contributed by atoms with Gasteiger partial charge >= 0.3 is 0 Å². The molecule has 7 heteroatoms. The number of nitrogens with zero attached hydrogens (tertiary/aromatic N) is 3. The molecule has 2 aromatic heterocycles. The maximum absolute atomic E-state index is 13.3. The topological polar surface area (TPSA) is 68.5 Å². The molecule has 0 bridgehead atoms. The van der Waals surface area contributed by atoms with Crippen molar-refractivity contribution in [2.45, 2.75) is 17.3 Å². The Morgan fingerprint density at radius 1 is 1.07 bits per heavy atom. The Balaban J connectivity index is 1.68. The number of hydrogen-bond donors (Lipinski definition) is 1. The van der Waals surface area contributed by atoms with E-state index in [9.17, 15) is 4.79 Å². The molecule has 29 heavy (non-hydrogen) atoms. The quantitative estimate of drug-likeness (QED) is 0.479. The molecule has 1 amide bonds. The van der Waals surface area contributed by atoms with Crippen LogP contribution in [0.15, 0.2) is 78.1 Å². The number of nitrogens with one attached hydrogen (secondary N) is 1. The molecule has 146 valence electrons. The third-order valence-corrected chi connectivity index (χ3v) is 5.67. The number of fused-ring (bicyclic) bond motifs is 1. The number of benzene rings is 2. The molecule has 0 saturated carbocycles. The van der Waals surface area contributed by atoms with E-state index < -0.39 is 5.25 Å². The largest absolute Gasteiger partial charge is 0.495 e. The van der Waals surface area contributed by atoms with Crippen molar-refractivity contribution in [3.8, 4) is 5.75 Å². The van der Waals surface area contributed by atoms with Crippen LogP contribution in [0, 0.1) is 6.92 Å². The highest BCUT2D eigenvalue weighted by atomic mass is 32.2. The fourth-order valence-corrected chi connectivity index (χ4v) is 4.05. The average molecular weight is 404 g/mol. The van der Waals surface area contributed by atoms with Crippen LogP contribution < -0.4 is 10.1 Å². The standard InChI is InChI=1S/C22H20N4O2S/c1-15-11-12-18(28-2)17(14-15)23-21(27)20(16-8-4-3-5-9-16)29-22-25-24-19-10-6-7-13-26(19)22/h3-14,20H,1-2H3,(H,23,27)/t20-/m0/s1. The summed E-state index contributed by atoms with van der Waals surface area (Å²) in [5, 5.41) is 11.6. The lowest BCUT2D eigenvalue weighted by Crippen LogP contribution is -2.20. The molecule has 4 rings (SSSR count). The van der Waals surface area contributed by atoms with Crippen molar-refractivity contribution in [3.63, 3.8) is 0 Å². The molecule has 0 aliphatic rings. The summed E-state index contributed by atoms with van der Waals surface area (Å²) in [5.41, 5.74) is 3.30. The van der Waals surface area contributed by atoms with Gasteiger partial charge in [-0.3, -0.25) is 9.20 Å². The zero-order valence-corrected chi connectivity index (χ0v) is 16.9. The van der Waals surface area contributed by atoms with E-state index in [1.807, 2.05) is 84.3 Å². The lowest BCUT2D eigenvalue weighted by molar-refractivity contribution is -0.115. The number of ether oxygens (including phenoxy) is 1. The van der Waals surface area contributed by atoms with Crippen LogP contribution in [-0.2, 0) is 4.79 Å². The summed E-state index contributed by atoms with van der Waals surface area (Å²) in [6.07, 6.45) is 1.89. The van der Waals surface area contributed by atoms with Crippen molar-refractivity contribution in [1.82, 2.24) is 14.6 Å². The van der Waals surface area contributed by atoms with Crippen molar-refractivity contribution in [2.75, 3.05) is 12.4 Å². The second-order valence-electron chi connectivity index (χ2n) is 6.51. The smallest absolute Gasteiger partial charge is 0.242 e. The molecule has 0 fully saturated rings. The van der Waals surface area contributed by atoms with Gasteiger partial charge in [-0.15, -0.1) is 10.2 Å². The molecule has 0 unspecified atom stereocenters. The van der Waals surface area contributed by atoms with Gasteiger partial charge < -0.3 is 10.1 Å². The molecule has 4 aromatic rings. The Morgan fingerprint density at radius 2 is 1.86 bits per heavy atom. The predicted octanol–water partition coefficient (Wildman–Crippen LogP) is 4.52. The van der Waals surface area contributed by atoms with Crippen molar-refractivity contribution < 1.29 is 9.53 Å². The number of thioether (sulfide) groups is 1. The molecule has 1 atom stereocenters. The Labute approximate surface area is 172 Å². The Hall–Kier alpha value is -3.32. The van der Waals surface area contributed by atoms with Gasteiger partial charge in [0, 0.05) is 6.20 Å². The molecule has 0 saturated heterocycles. The molecule has 0 aliphatic carbocycles. The fourth-order valence-electron chi connectivity index (χ4n) is 3.02. The van der Waals surface area contributed by atoms with E-state index in [0.717, 1.165) is 16.8 Å². The Kier molecular flexibility index (Phi) is 5.48. The second kappa shape index (κ2) is 8.36. The highest BCUT2D eigenvalue weighted by molar-refractivity contribution is 8.00. The summed E-state index contributed by atoms with van der Waals surface area (Å²) in [6.45, 7) is 1.97. The average Bonchev–Trinajstić information content (AvgIpc) is 3.16. The lowest BCUT2D eigenvalue weighted by atomic mass is 10.1. The van der Waals surface area contributed by atoms with Gasteiger partial charge in [0.1, 0.15) is 11.0 Å². The minimum absolute atomic E-state index is 0.155. The molecule has 0 spiro atoms. The maximum Gasteiger partial charge on any atom is 0.242 e. The monoisotopic (exact) mass is 404 g/mol. The van der Waals surface area contributed by atoms with Crippen LogP contribution in [0.4, 0.5) is 5.69 Å². The van der Waals surface area contributed by atoms with E-state index in [4.69, 9.17) is 4.74 Å².